The molecule has 0 aliphatic heterocycles. The Bertz CT molecular complexity index is 576. The van der Waals surface area contributed by atoms with Gasteiger partial charge in [-0.1, -0.05) is 69.2 Å². The van der Waals surface area contributed by atoms with Gasteiger partial charge in [-0.3, -0.25) is 9.59 Å². The van der Waals surface area contributed by atoms with E-state index in [1.165, 1.54) is 0 Å². The van der Waals surface area contributed by atoms with Gasteiger partial charge in [-0.25, -0.2) is 0 Å². The lowest BCUT2D eigenvalue weighted by Gasteiger charge is -2.08. The Labute approximate surface area is 180 Å². The van der Waals surface area contributed by atoms with Gasteiger partial charge in [0, 0.05) is 12.8 Å². The lowest BCUT2D eigenvalue weighted by molar-refractivity contribution is -0.145. The molecule has 0 unspecified atom stereocenters. The Balaban J connectivity index is 1.87. The van der Waals surface area contributed by atoms with Gasteiger partial charge in [0.15, 0.2) is 0 Å². The molecular weight excluding hydrogens is 392 g/mol. The number of rotatable bonds is 17. The minimum Gasteiger partial charge on any atom is -0.488 e. The highest BCUT2D eigenvalue weighted by Gasteiger charge is 2.05. The number of hydrogen-bond acceptors (Lipinski definition) is 5. The number of benzene rings is 1. The molecule has 164 valence electrons. The summed E-state index contributed by atoms with van der Waals surface area (Å²) in [5.41, 5.74) is 0. The topological polar surface area (TPSA) is 61.8 Å². The van der Waals surface area contributed by atoms with Crippen molar-refractivity contribution >= 4 is 23.5 Å². The summed E-state index contributed by atoms with van der Waals surface area (Å²) in [5.74, 6) is 0.316. The molecule has 0 saturated carbocycles. The van der Waals surface area contributed by atoms with Gasteiger partial charge in [0.1, 0.15) is 19.0 Å². The predicted molar refractivity (Wildman–Crippen MR) is 115 cm³/mol. The molecule has 1 aromatic carbocycles. The first-order valence-electron chi connectivity index (χ1n) is 10.8. The van der Waals surface area contributed by atoms with Crippen LogP contribution in [0.4, 0.5) is 0 Å². The summed E-state index contributed by atoms with van der Waals surface area (Å²) < 4.78 is 15.8. The lowest BCUT2D eigenvalue weighted by atomic mass is 10.1. The standard InChI is InChI=1S/C23H35ClO5/c1-2-3-12-17-28-22(25)15-8-6-4-5-7-9-16-23(26)29-19-18-27-21-14-11-10-13-20(21)24/h10-11,13-14H,2-9,12,15-19H2,1H3. The Hall–Kier alpha value is -1.75. The minimum absolute atomic E-state index is 0.0811. The Kier molecular flexibility index (Phi) is 14.9. The van der Waals surface area contributed by atoms with E-state index < -0.39 is 0 Å². The molecule has 6 heteroatoms. The van der Waals surface area contributed by atoms with Crippen LogP contribution in [0.1, 0.15) is 77.6 Å². The summed E-state index contributed by atoms with van der Waals surface area (Å²) in [5, 5.41) is 0.544. The molecule has 0 aliphatic rings. The average molecular weight is 427 g/mol. The maximum atomic E-state index is 11.7. The third-order valence-electron chi connectivity index (χ3n) is 4.46. The summed E-state index contributed by atoms with van der Waals surface area (Å²) in [6.07, 6.45) is 9.98. The minimum atomic E-state index is -0.196. The van der Waals surface area contributed by atoms with Gasteiger partial charge in [0.25, 0.3) is 0 Å². The zero-order chi connectivity index (χ0) is 21.2. The molecular formula is C23H35ClO5. The average Bonchev–Trinajstić information content (AvgIpc) is 2.71. The van der Waals surface area contributed by atoms with Crippen molar-refractivity contribution in [2.45, 2.75) is 77.6 Å². The number of ether oxygens (including phenoxy) is 3. The maximum absolute atomic E-state index is 11.7. The predicted octanol–water partition coefficient (Wildman–Crippen LogP) is 6.12. The first kappa shape index (κ1) is 25.3. The third-order valence-corrected chi connectivity index (χ3v) is 4.78. The van der Waals surface area contributed by atoms with Crippen LogP contribution >= 0.6 is 11.6 Å². The lowest BCUT2D eigenvalue weighted by Crippen LogP contribution is -2.12. The van der Waals surface area contributed by atoms with Crippen LogP contribution in [0.25, 0.3) is 0 Å². The monoisotopic (exact) mass is 426 g/mol. The van der Waals surface area contributed by atoms with Crippen LogP contribution in [0.3, 0.4) is 0 Å². The number of unbranched alkanes of at least 4 members (excludes halogenated alkanes) is 7. The zero-order valence-electron chi connectivity index (χ0n) is 17.6. The number of carbonyl (C=O) groups excluding carboxylic acids is 2. The Morgan fingerprint density at radius 2 is 1.34 bits per heavy atom. The summed E-state index contributed by atoms with van der Waals surface area (Å²) >= 11 is 5.99. The summed E-state index contributed by atoms with van der Waals surface area (Å²) in [4.78, 5) is 23.2. The molecule has 0 atom stereocenters. The summed E-state index contributed by atoms with van der Waals surface area (Å²) in [7, 11) is 0. The number of hydrogen-bond donors (Lipinski definition) is 0. The molecule has 0 saturated heterocycles. The van der Waals surface area contributed by atoms with Crippen molar-refractivity contribution in [2.75, 3.05) is 19.8 Å². The smallest absolute Gasteiger partial charge is 0.305 e. The fourth-order valence-corrected chi connectivity index (χ4v) is 2.99. The van der Waals surface area contributed by atoms with Crippen LogP contribution in [-0.2, 0) is 19.1 Å². The van der Waals surface area contributed by atoms with E-state index in [2.05, 4.69) is 6.92 Å². The SMILES string of the molecule is CCCCCOC(=O)CCCCCCCCC(=O)OCCOc1ccccc1Cl. The van der Waals surface area contributed by atoms with Crippen molar-refractivity contribution in [1.29, 1.82) is 0 Å². The molecule has 1 rings (SSSR count). The van der Waals surface area contributed by atoms with Crippen LogP contribution < -0.4 is 4.74 Å². The molecule has 0 amide bonds. The van der Waals surface area contributed by atoms with Crippen molar-refractivity contribution in [3.05, 3.63) is 29.3 Å². The molecule has 5 nitrogen and oxygen atoms in total. The van der Waals surface area contributed by atoms with E-state index in [1.807, 2.05) is 12.1 Å². The molecule has 0 spiro atoms. The first-order valence-corrected chi connectivity index (χ1v) is 11.2. The molecule has 0 aromatic heterocycles. The quantitative estimate of drug-likeness (QED) is 0.222. The highest BCUT2D eigenvalue weighted by Crippen LogP contribution is 2.22. The van der Waals surface area contributed by atoms with Gasteiger partial charge in [-0.2, -0.15) is 0 Å². The maximum Gasteiger partial charge on any atom is 0.305 e. The van der Waals surface area contributed by atoms with E-state index in [0.29, 0.717) is 30.2 Å². The second-order valence-corrected chi connectivity index (χ2v) is 7.46. The van der Waals surface area contributed by atoms with Crippen LogP contribution in [0, 0.1) is 0 Å². The molecule has 0 heterocycles. The van der Waals surface area contributed by atoms with Crippen molar-refractivity contribution in [3.63, 3.8) is 0 Å². The Morgan fingerprint density at radius 1 is 0.759 bits per heavy atom. The molecule has 0 fully saturated rings. The third kappa shape index (κ3) is 14.0. The van der Waals surface area contributed by atoms with Crippen molar-refractivity contribution < 1.29 is 23.8 Å². The van der Waals surface area contributed by atoms with Gasteiger partial charge in [-0.15, -0.1) is 0 Å². The molecule has 0 aliphatic carbocycles. The molecule has 1 aromatic rings. The number of halogens is 1. The fourth-order valence-electron chi connectivity index (χ4n) is 2.80. The van der Waals surface area contributed by atoms with Gasteiger partial charge < -0.3 is 14.2 Å². The van der Waals surface area contributed by atoms with E-state index in [9.17, 15) is 9.59 Å². The van der Waals surface area contributed by atoms with Crippen LogP contribution in [0.2, 0.25) is 5.02 Å². The second-order valence-electron chi connectivity index (χ2n) is 7.05. The highest BCUT2D eigenvalue weighted by molar-refractivity contribution is 6.32. The zero-order valence-corrected chi connectivity index (χ0v) is 18.4. The normalized spacial score (nSPS) is 10.6. The summed E-state index contributed by atoms with van der Waals surface area (Å²) in [6.45, 7) is 3.19. The number of esters is 2. The molecule has 0 radical (unpaired) electrons. The second kappa shape index (κ2) is 17.1. The molecule has 0 N–H and O–H groups in total. The number of para-hydroxylation sites is 1. The molecule has 29 heavy (non-hydrogen) atoms. The van der Waals surface area contributed by atoms with Crippen LogP contribution in [-0.4, -0.2) is 31.8 Å². The largest absolute Gasteiger partial charge is 0.488 e. The van der Waals surface area contributed by atoms with E-state index in [-0.39, 0.29) is 25.2 Å². The molecule has 0 bridgehead atoms. The first-order chi connectivity index (χ1) is 14.1. The van der Waals surface area contributed by atoms with Gasteiger partial charge in [-0.05, 0) is 31.4 Å². The number of carbonyl (C=O) groups is 2. The fraction of sp³-hybridized carbons (Fsp3) is 0.652. The van der Waals surface area contributed by atoms with E-state index in [0.717, 1.165) is 57.8 Å². The summed E-state index contributed by atoms with van der Waals surface area (Å²) in [6, 6.07) is 7.20. The van der Waals surface area contributed by atoms with E-state index >= 15 is 0 Å². The van der Waals surface area contributed by atoms with E-state index in [1.54, 1.807) is 12.1 Å². The van der Waals surface area contributed by atoms with Gasteiger partial charge >= 0.3 is 11.9 Å². The highest BCUT2D eigenvalue weighted by atomic mass is 35.5. The van der Waals surface area contributed by atoms with E-state index in [4.69, 9.17) is 25.8 Å². The Morgan fingerprint density at radius 3 is 1.97 bits per heavy atom. The van der Waals surface area contributed by atoms with Crippen molar-refractivity contribution in [1.82, 2.24) is 0 Å². The van der Waals surface area contributed by atoms with Gasteiger partial charge in [0.2, 0.25) is 0 Å². The van der Waals surface area contributed by atoms with Gasteiger partial charge in [0.05, 0.1) is 11.6 Å². The van der Waals surface area contributed by atoms with Crippen molar-refractivity contribution in [2.24, 2.45) is 0 Å². The van der Waals surface area contributed by atoms with Crippen molar-refractivity contribution in [3.8, 4) is 5.75 Å². The van der Waals surface area contributed by atoms with Crippen LogP contribution in [0.15, 0.2) is 24.3 Å². The van der Waals surface area contributed by atoms with Crippen LogP contribution in [0.5, 0.6) is 5.75 Å².